The number of hydrogen-bond donors (Lipinski definition) is 1. The second kappa shape index (κ2) is 5.30. The minimum Gasteiger partial charge on any atom is -0.494 e. The molecule has 2 aromatic rings. The van der Waals surface area contributed by atoms with Crippen LogP contribution in [-0.4, -0.2) is 23.6 Å². The molecule has 0 saturated carbocycles. The number of rotatable bonds is 4. The Morgan fingerprint density at radius 3 is 2.29 bits per heavy atom. The van der Waals surface area contributed by atoms with Crippen LogP contribution >= 0.6 is 0 Å². The monoisotopic (exact) mass is 229 g/mol. The predicted molar refractivity (Wildman–Crippen MR) is 68.2 cm³/mol. The van der Waals surface area contributed by atoms with Gasteiger partial charge < -0.3 is 10.1 Å². The lowest BCUT2D eigenvalue weighted by Crippen LogP contribution is -1.94. The van der Waals surface area contributed by atoms with Gasteiger partial charge in [-0.05, 0) is 31.2 Å². The molecule has 0 amide bonds. The summed E-state index contributed by atoms with van der Waals surface area (Å²) in [7, 11) is 1.84. The number of benzene rings is 1. The number of ether oxygens (including phenoxy) is 1. The van der Waals surface area contributed by atoms with Crippen LogP contribution in [0.5, 0.6) is 5.75 Å². The van der Waals surface area contributed by atoms with E-state index in [0.717, 1.165) is 17.0 Å². The van der Waals surface area contributed by atoms with Crippen LogP contribution < -0.4 is 10.1 Å². The first-order valence-corrected chi connectivity index (χ1v) is 5.56. The summed E-state index contributed by atoms with van der Waals surface area (Å²) >= 11 is 0. The van der Waals surface area contributed by atoms with Crippen LogP contribution in [0.1, 0.15) is 6.92 Å². The molecule has 0 aliphatic rings. The van der Waals surface area contributed by atoms with Crippen molar-refractivity contribution in [2.24, 2.45) is 0 Å². The maximum absolute atomic E-state index is 5.38. The fourth-order valence-electron chi connectivity index (χ4n) is 1.47. The first-order valence-electron chi connectivity index (χ1n) is 5.56. The van der Waals surface area contributed by atoms with E-state index in [1.165, 1.54) is 0 Å². The predicted octanol–water partition coefficient (Wildman–Crippen LogP) is 2.58. The minimum atomic E-state index is 0.673. The molecule has 0 spiro atoms. The summed E-state index contributed by atoms with van der Waals surface area (Å²) in [5.74, 6) is 1.58. The van der Waals surface area contributed by atoms with Crippen molar-refractivity contribution in [2.75, 3.05) is 19.0 Å². The smallest absolute Gasteiger partial charge is 0.159 e. The number of hydrogen-bond acceptors (Lipinski definition) is 4. The lowest BCUT2D eigenvalue weighted by atomic mass is 10.2. The molecule has 1 aromatic heterocycles. The summed E-state index contributed by atoms with van der Waals surface area (Å²) in [5.41, 5.74) is 1.88. The molecule has 0 unspecified atom stereocenters. The number of nitrogens with one attached hydrogen (secondary N) is 1. The van der Waals surface area contributed by atoms with Gasteiger partial charge in [0, 0.05) is 12.6 Å². The highest BCUT2D eigenvalue weighted by molar-refractivity contribution is 5.57. The third-order valence-corrected chi connectivity index (χ3v) is 2.36. The van der Waals surface area contributed by atoms with Crippen LogP contribution in [0, 0.1) is 0 Å². The van der Waals surface area contributed by atoms with E-state index in [-0.39, 0.29) is 0 Å². The van der Waals surface area contributed by atoms with Crippen molar-refractivity contribution < 1.29 is 4.74 Å². The molecule has 1 heterocycles. The molecule has 0 saturated heterocycles. The molecule has 88 valence electrons. The SMILES string of the molecule is CCOc1ccc(-c2ncc(NC)cn2)cc1. The number of aromatic nitrogens is 2. The van der Waals surface area contributed by atoms with Crippen molar-refractivity contribution >= 4 is 5.69 Å². The van der Waals surface area contributed by atoms with Gasteiger partial charge in [-0.15, -0.1) is 0 Å². The molecule has 4 nitrogen and oxygen atoms in total. The topological polar surface area (TPSA) is 47.0 Å². The van der Waals surface area contributed by atoms with Crippen LogP contribution in [0.3, 0.4) is 0 Å². The van der Waals surface area contributed by atoms with Crippen LogP contribution in [-0.2, 0) is 0 Å². The van der Waals surface area contributed by atoms with E-state index in [4.69, 9.17) is 4.74 Å². The summed E-state index contributed by atoms with van der Waals surface area (Å²) < 4.78 is 5.38. The zero-order chi connectivity index (χ0) is 12.1. The second-order valence-corrected chi connectivity index (χ2v) is 3.50. The Balaban J connectivity index is 2.20. The van der Waals surface area contributed by atoms with E-state index in [1.807, 2.05) is 38.2 Å². The lowest BCUT2D eigenvalue weighted by molar-refractivity contribution is 0.340. The van der Waals surface area contributed by atoms with Crippen molar-refractivity contribution in [2.45, 2.75) is 6.92 Å². The molecule has 0 atom stereocenters. The van der Waals surface area contributed by atoms with Crippen molar-refractivity contribution in [1.82, 2.24) is 9.97 Å². The van der Waals surface area contributed by atoms with Crippen LogP contribution in [0.4, 0.5) is 5.69 Å². The van der Waals surface area contributed by atoms with Crippen molar-refractivity contribution in [1.29, 1.82) is 0 Å². The zero-order valence-electron chi connectivity index (χ0n) is 9.97. The van der Waals surface area contributed by atoms with E-state index >= 15 is 0 Å². The molecular formula is C13H15N3O. The first kappa shape index (κ1) is 11.4. The zero-order valence-corrected chi connectivity index (χ0v) is 9.97. The lowest BCUT2D eigenvalue weighted by Gasteiger charge is -2.04. The highest BCUT2D eigenvalue weighted by Gasteiger charge is 2.01. The summed E-state index contributed by atoms with van der Waals surface area (Å²) in [4.78, 5) is 8.56. The summed E-state index contributed by atoms with van der Waals surface area (Å²) in [6.07, 6.45) is 3.53. The van der Waals surface area contributed by atoms with Gasteiger partial charge in [0.15, 0.2) is 5.82 Å². The molecule has 0 aliphatic heterocycles. The largest absolute Gasteiger partial charge is 0.494 e. The Hall–Kier alpha value is -2.10. The Kier molecular flexibility index (Phi) is 3.55. The van der Waals surface area contributed by atoms with Gasteiger partial charge in [-0.1, -0.05) is 0 Å². The fourth-order valence-corrected chi connectivity index (χ4v) is 1.47. The summed E-state index contributed by atoms with van der Waals surface area (Å²) in [6.45, 7) is 2.64. The van der Waals surface area contributed by atoms with Gasteiger partial charge in [0.05, 0.1) is 24.7 Å². The molecule has 0 radical (unpaired) electrons. The van der Waals surface area contributed by atoms with E-state index in [9.17, 15) is 0 Å². The van der Waals surface area contributed by atoms with Crippen LogP contribution in [0.2, 0.25) is 0 Å². The highest BCUT2D eigenvalue weighted by atomic mass is 16.5. The Labute approximate surface area is 101 Å². The normalized spacial score (nSPS) is 10.0. The minimum absolute atomic E-state index is 0.673. The Morgan fingerprint density at radius 1 is 1.12 bits per heavy atom. The van der Waals surface area contributed by atoms with Crippen molar-refractivity contribution in [3.63, 3.8) is 0 Å². The number of nitrogens with zero attached hydrogens (tertiary/aromatic N) is 2. The van der Waals surface area contributed by atoms with Gasteiger partial charge in [0.1, 0.15) is 5.75 Å². The quantitative estimate of drug-likeness (QED) is 0.875. The van der Waals surface area contributed by atoms with E-state index in [1.54, 1.807) is 12.4 Å². The third kappa shape index (κ3) is 2.72. The van der Waals surface area contributed by atoms with Gasteiger partial charge in [0.25, 0.3) is 0 Å². The van der Waals surface area contributed by atoms with Crippen molar-refractivity contribution in [3.05, 3.63) is 36.7 Å². The summed E-state index contributed by atoms with van der Waals surface area (Å²) in [5, 5.41) is 2.99. The first-order chi connectivity index (χ1) is 8.33. The van der Waals surface area contributed by atoms with Gasteiger partial charge in [-0.25, -0.2) is 9.97 Å². The molecule has 4 heteroatoms. The van der Waals surface area contributed by atoms with Crippen molar-refractivity contribution in [3.8, 4) is 17.1 Å². The van der Waals surface area contributed by atoms with Gasteiger partial charge >= 0.3 is 0 Å². The van der Waals surface area contributed by atoms with Gasteiger partial charge in [-0.2, -0.15) is 0 Å². The van der Waals surface area contributed by atoms with Crippen LogP contribution in [0.25, 0.3) is 11.4 Å². The fraction of sp³-hybridized carbons (Fsp3) is 0.231. The standard InChI is InChI=1S/C13H15N3O/c1-3-17-12-6-4-10(5-7-12)13-15-8-11(14-2)9-16-13/h4-9,14H,3H2,1-2H3. The molecular weight excluding hydrogens is 214 g/mol. The average molecular weight is 229 g/mol. The van der Waals surface area contributed by atoms with Crippen LogP contribution in [0.15, 0.2) is 36.7 Å². The molecule has 0 fully saturated rings. The maximum Gasteiger partial charge on any atom is 0.159 e. The van der Waals surface area contributed by atoms with Gasteiger partial charge in [-0.3, -0.25) is 0 Å². The molecule has 2 rings (SSSR count). The Morgan fingerprint density at radius 2 is 1.76 bits per heavy atom. The molecule has 1 N–H and O–H groups in total. The molecule has 0 aliphatic carbocycles. The van der Waals surface area contributed by atoms with E-state index in [0.29, 0.717) is 12.4 Å². The molecule has 17 heavy (non-hydrogen) atoms. The highest BCUT2D eigenvalue weighted by Crippen LogP contribution is 2.19. The average Bonchev–Trinajstić information content (AvgIpc) is 2.40. The summed E-state index contributed by atoms with van der Waals surface area (Å²) in [6, 6.07) is 7.76. The maximum atomic E-state index is 5.38. The Bertz CT molecular complexity index is 465. The second-order valence-electron chi connectivity index (χ2n) is 3.50. The number of anilines is 1. The van der Waals surface area contributed by atoms with E-state index in [2.05, 4.69) is 15.3 Å². The van der Waals surface area contributed by atoms with Gasteiger partial charge in [0.2, 0.25) is 0 Å². The third-order valence-electron chi connectivity index (χ3n) is 2.36. The molecule has 0 bridgehead atoms. The van der Waals surface area contributed by atoms with E-state index < -0.39 is 0 Å². The molecule has 1 aromatic carbocycles.